The number of fused-ring (bicyclic) bond motifs is 1. The molecule has 1 aliphatic rings. The number of hydrogen-bond acceptors (Lipinski definition) is 2. The van der Waals surface area contributed by atoms with Crippen molar-refractivity contribution in [3.05, 3.63) is 48.0 Å². The molecule has 1 saturated carbocycles. The molecule has 140 valence electrons. The molecule has 0 heterocycles. The lowest BCUT2D eigenvalue weighted by Gasteiger charge is -2.19. The lowest BCUT2D eigenvalue weighted by Crippen LogP contribution is -2.40. The zero-order valence-corrected chi connectivity index (χ0v) is 17.9. The predicted octanol–water partition coefficient (Wildman–Crippen LogP) is 3.30. The Morgan fingerprint density at radius 3 is 2.54 bits per heavy atom. The van der Waals surface area contributed by atoms with Crippen LogP contribution in [0.1, 0.15) is 31.4 Å². The third-order valence-corrected chi connectivity index (χ3v) is 4.42. The van der Waals surface area contributed by atoms with Crippen LogP contribution in [0.2, 0.25) is 0 Å². The topological polar surface area (TPSA) is 56.7 Å². The molecule has 1 aliphatic carbocycles. The Kier molecular flexibility index (Phi) is 7.25. The van der Waals surface area contributed by atoms with Gasteiger partial charge in [0, 0.05) is 20.1 Å². The number of carbonyl (C=O) groups is 1. The highest BCUT2D eigenvalue weighted by Gasteiger charge is 2.23. The van der Waals surface area contributed by atoms with Crippen LogP contribution in [0.15, 0.2) is 47.5 Å². The van der Waals surface area contributed by atoms with Crippen LogP contribution < -0.4 is 10.6 Å². The maximum absolute atomic E-state index is 11.8. The Labute approximate surface area is 172 Å². The maximum atomic E-state index is 11.8. The number of likely N-dealkylation sites (N-methyl/N-ethyl adjacent to an activating group) is 1. The predicted molar refractivity (Wildman–Crippen MR) is 118 cm³/mol. The third-order valence-electron chi connectivity index (χ3n) is 4.42. The summed E-state index contributed by atoms with van der Waals surface area (Å²) in [4.78, 5) is 17.8. The van der Waals surface area contributed by atoms with Gasteiger partial charge in [-0.1, -0.05) is 36.4 Å². The summed E-state index contributed by atoms with van der Waals surface area (Å²) < 4.78 is 0. The molecule has 0 spiro atoms. The molecule has 0 saturated heterocycles. The number of carbonyl (C=O) groups excluding carboxylic acids is 1. The van der Waals surface area contributed by atoms with Gasteiger partial charge in [-0.3, -0.25) is 4.79 Å². The summed E-state index contributed by atoms with van der Waals surface area (Å²) in [6, 6.07) is 15.4. The van der Waals surface area contributed by atoms with Crippen molar-refractivity contribution in [1.29, 1.82) is 0 Å². The Hall–Kier alpha value is -1.83. The molecule has 3 rings (SSSR count). The number of halogens is 1. The van der Waals surface area contributed by atoms with E-state index in [1.54, 1.807) is 19.0 Å². The molecule has 0 aliphatic heterocycles. The first-order chi connectivity index (χ1) is 12.0. The van der Waals surface area contributed by atoms with Crippen LogP contribution in [-0.2, 0) is 4.79 Å². The zero-order chi connectivity index (χ0) is 17.8. The van der Waals surface area contributed by atoms with Gasteiger partial charge in [-0.2, -0.15) is 0 Å². The van der Waals surface area contributed by atoms with E-state index in [-0.39, 0.29) is 42.5 Å². The quantitative estimate of drug-likeness (QED) is 0.404. The van der Waals surface area contributed by atoms with Crippen molar-refractivity contribution < 1.29 is 4.79 Å². The van der Waals surface area contributed by atoms with E-state index < -0.39 is 0 Å². The van der Waals surface area contributed by atoms with Gasteiger partial charge in [-0.15, -0.1) is 24.0 Å². The Balaban J connectivity index is 0.00000243. The molecule has 0 radical (unpaired) electrons. The Bertz CT molecular complexity index is 786. The highest BCUT2D eigenvalue weighted by Crippen LogP contribution is 2.21. The summed E-state index contributed by atoms with van der Waals surface area (Å²) in [5.74, 6) is 0.702. The monoisotopic (exact) mass is 466 g/mol. The summed E-state index contributed by atoms with van der Waals surface area (Å²) in [6.45, 7) is 2.27. The smallest absolute Gasteiger partial charge is 0.243 e. The van der Waals surface area contributed by atoms with Crippen molar-refractivity contribution >= 4 is 46.6 Å². The van der Waals surface area contributed by atoms with Crippen molar-refractivity contribution in [3.8, 4) is 0 Å². The van der Waals surface area contributed by atoms with Gasteiger partial charge in [0.2, 0.25) is 5.91 Å². The van der Waals surface area contributed by atoms with E-state index in [2.05, 4.69) is 65.0 Å². The number of aliphatic imine (C=N–C) groups is 1. The van der Waals surface area contributed by atoms with Gasteiger partial charge in [0.05, 0.1) is 6.04 Å². The van der Waals surface area contributed by atoms with Crippen LogP contribution in [-0.4, -0.2) is 43.4 Å². The molecule has 2 aromatic carbocycles. The largest absolute Gasteiger partial charge is 0.354 e. The minimum Gasteiger partial charge on any atom is -0.354 e. The number of rotatable bonds is 5. The molecule has 5 nitrogen and oxygen atoms in total. The van der Waals surface area contributed by atoms with Crippen molar-refractivity contribution in [1.82, 2.24) is 15.5 Å². The lowest BCUT2D eigenvalue weighted by atomic mass is 10.0. The average Bonchev–Trinajstić information content (AvgIpc) is 3.42. The minimum atomic E-state index is -0.00439. The van der Waals surface area contributed by atoms with Crippen LogP contribution in [0.5, 0.6) is 0 Å². The summed E-state index contributed by atoms with van der Waals surface area (Å²) in [7, 11) is 3.49. The molecule has 2 N–H and O–H groups in total. The number of amides is 1. The number of benzene rings is 2. The van der Waals surface area contributed by atoms with E-state index in [1.807, 2.05) is 0 Å². The molecule has 26 heavy (non-hydrogen) atoms. The van der Waals surface area contributed by atoms with E-state index in [0.29, 0.717) is 12.0 Å². The van der Waals surface area contributed by atoms with Crippen LogP contribution in [0.3, 0.4) is 0 Å². The van der Waals surface area contributed by atoms with Gasteiger partial charge in [-0.05, 0) is 42.2 Å². The SMILES string of the molecule is CC(NC(=NCC(=O)N(C)C)NC1CC1)c1ccc2ccccc2c1.I. The summed E-state index contributed by atoms with van der Waals surface area (Å²) in [5.41, 5.74) is 1.20. The van der Waals surface area contributed by atoms with E-state index in [1.165, 1.54) is 16.3 Å². The number of hydrogen-bond donors (Lipinski definition) is 2. The first-order valence-electron chi connectivity index (χ1n) is 8.79. The number of nitrogens with one attached hydrogen (secondary N) is 2. The molecule has 1 fully saturated rings. The molecular weight excluding hydrogens is 439 g/mol. The van der Waals surface area contributed by atoms with E-state index in [4.69, 9.17) is 0 Å². The van der Waals surface area contributed by atoms with Gasteiger partial charge < -0.3 is 15.5 Å². The molecule has 1 unspecified atom stereocenters. The molecule has 0 aromatic heterocycles. The van der Waals surface area contributed by atoms with Gasteiger partial charge >= 0.3 is 0 Å². The fourth-order valence-corrected chi connectivity index (χ4v) is 2.61. The second-order valence-electron chi connectivity index (χ2n) is 6.84. The normalized spacial score (nSPS) is 15.1. The molecule has 1 amide bonds. The molecular formula is C20H27IN4O. The maximum Gasteiger partial charge on any atom is 0.243 e. The number of guanidine groups is 1. The highest BCUT2D eigenvalue weighted by molar-refractivity contribution is 14.0. The van der Waals surface area contributed by atoms with Gasteiger partial charge in [-0.25, -0.2) is 4.99 Å². The second kappa shape index (κ2) is 9.21. The highest BCUT2D eigenvalue weighted by atomic mass is 127. The van der Waals surface area contributed by atoms with Crippen molar-refractivity contribution in [2.24, 2.45) is 4.99 Å². The van der Waals surface area contributed by atoms with Crippen molar-refractivity contribution in [2.75, 3.05) is 20.6 Å². The molecule has 2 aromatic rings. The Morgan fingerprint density at radius 2 is 1.88 bits per heavy atom. The lowest BCUT2D eigenvalue weighted by molar-refractivity contribution is -0.127. The second-order valence-corrected chi connectivity index (χ2v) is 6.84. The fraction of sp³-hybridized carbons (Fsp3) is 0.400. The fourth-order valence-electron chi connectivity index (χ4n) is 2.61. The van der Waals surface area contributed by atoms with Crippen LogP contribution >= 0.6 is 24.0 Å². The molecule has 1 atom stereocenters. The van der Waals surface area contributed by atoms with Crippen LogP contribution in [0, 0.1) is 0 Å². The average molecular weight is 466 g/mol. The van der Waals surface area contributed by atoms with Crippen LogP contribution in [0.25, 0.3) is 10.8 Å². The van der Waals surface area contributed by atoms with E-state index in [9.17, 15) is 4.79 Å². The third kappa shape index (κ3) is 5.59. The first kappa shape index (κ1) is 20.5. The van der Waals surface area contributed by atoms with Gasteiger partial charge in [0.1, 0.15) is 6.54 Å². The summed E-state index contributed by atoms with van der Waals surface area (Å²) in [5, 5.41) is 9.29. The molecule has 0 bridgehead atoms. The Morgan fingerprint density at radius 1 is 1.19 bits per heavy atom. The van der Waals surface area contributed by atoms with Crippen molar-refractivity contribution in [2.45, 2.75) is 31.8 Å². The van der Waals surface area contributed by atoms with Crippen LogP contribution in [0.4, 0.5) is 0 Å². The minimum absolute atomic E-state index is 0. The van der Waals surface area contributed by atoms with E-state index in [0.717, 1.165) is 12.8 Å². The van der Waals surface area contributed by atoms with E-state index >= 15 is 0 Å². The summed E-state index contributed by atoms with van der Waals surface area (Å²) in [6.07, 6.45) is 2.32. The van der Waals surface area contributed by atoms with Gasteiger partial charge in [0.15, 0.2) is 5.96 Å². The number of nitrogens with zero attached hydrogens (tertiary/aromatic N) is 2. The summed E-state index contributed by atoms with van der Waals surface area (Å²) >= 11 is 0. The zero-order valence-electron chi connectivity index (χ0n) is 15.5. The molecule has 6 heteroatoms. The van der Waals surface area contributed by atoms with Crippen molar-refractivity contribution in [3.63, 3.8) is 0 Å². The standard InChI is InChI=1S/C20H26N4O.HI/c1-14(16-9-8-15-6-4-5-7-17(15)12-16)22-20(23-18-10-11-18)21-13-19(25)24(2)3;/h4-9,12,14,18H,10-11,13H2,1-3H3,(H2,21,22,23);1H. The van der Waals surface area contributed by atoms with Gasteiger partial charge in [0.25, 0.3) is 0 Å². The first-order valence-corrected chi connectivity index (χ1v) is 8.79.